The van der Waals surface area contributed by atoms with Crippen molar-refractivity contribution >= 4 is 0 Å². The molecule has 0 unspecified atom stereocenters. The van der Waals surface area contributed by atoms with Gasteiger partial charge in [0.15, 0.2) is 6.29 Å². The molecule has 0 bridgehead atoms. The zero-order valence-corrected chi connectivity index (χ0v) is 6.73. The van der Waals surface area contributed by atoms with E-state index in [0.29, 0.717) is 6.42 Å². The topological polar surface area (TPSA) is 58.9 Å². The first-order valence-electron chi connectivity index (χ1n) is 3.69. The number of ether oxygens (including phenoxy) is 2. The SMILES string of the molecule is CO[C@H]1O[C@H](C)[C@@H](O)C[C@H]1O. The molecule has 11 heavy (non-hydrogen) atoms. The second-order valence-corrected chi connectivity index (χ2v) is 2.82. The summed E-state index contributed by atoms with van der Waals surface area (Å²) in [5.74, 6) is 0. The van der Waals surface area contributed by atoms with Crippen LogP contribution in [0.2, 0.25) is 0 Å². The van der Waals surface area contributed by atoms with Crippen LogP contribution in [0.4, 0.5) is 0 Å². The largest absolute Gasteiger partial charge is 0.390 e. The third kappa shape index (κ3) is 1.90. The Morgan fingerprint density at radius 1 is 1.36 bits per heavy atom. The van der Waals surface area contributed by atoms with Gasteiger partial charge in [0.1, 0.15) is 6.10 Å². The Balaban J connectivity index is 2.48. The maximum Gasteiger partial charge on any atom is 0.183 e. The van der Waals surface area contributed by atoms with Gasteiger partial charge in [0.25, 0.3) is 0 Å². The van der Waals surface area contributed by atoms with E-state index in [-0.39, 0.29) is 6.10 Å². The fourth-order valence-electron chi connectivity index (χ4n) is 1.16. The molecule has 0 amide bonds. The molecular weight excluding hydrogens is 148 g/mol. The van der Waals surface area contributed by atoms with Crippen LogP contribution in [-0.4, -0.2) is 41.9 Å². The smallest absolute Gasteiger partial charge is 0.183 e. The van der Waals surface area contributed by atoms with Crippen LogP contribution in [-0.2, 0) is 9.47 Å². The molecule has 0 spiro atoms. The van der Waals surface area contributed by atoms with Crippen molar-refractivity contribution in [3.8, 4) is 0 Å². The van der Waals surface area contributed by atoms with Gasteiger partial charge in [0.2, 0.25) is 0 Å². The van der Waals surface area contributed by atoms with E-state index >= 15 is 0 Å². The number of rotatable bonds is 1. The van der Waals surface area contributed by atoms with Crippen LogP contribution >= 0.6 is 0 Å². The van der Waals surface area contributed by atoms with Gasteiger partial charge in [-0.2, -0.15) is 0 Å². The van der Waals surface area contributed by atoms with Gasteiger partial charge in [-0.1, -0.05) is 0 Å². The van der Waals surface area contributed by atoms with Crippen molar-refractivity contribution in [3.63, 3.8) is 0 Å². The number of aliphatic hydroxyl groups excluding tert-OH is 2. The molecule has 0 aromatic rings. The molecule has 0 aliphatic carbocycles. The third-order valence-electron chi connectivity index (χ3n) is 1.92. The highest BCUT2D eigenvalue weighted by Crippen LogP contribution is 2.19. The van der Waals surface area contributed by atoms with E-state index in [1.165, 1.54) is 7.11 Å². The monoisotopic (exact) mass is 162 g/mol. The fourth-order valence-corrected chi connectivity index (χ4v) is 1.16. The van der Waals surface area contributed by atoms with Crippen LogP contribution in [0, 0.1) is 0 Å². The lowest BCUT2D eigenvalue weighted by atomic mass is 10.0. The van der Waals surface area contributed by atoms with Crippen molar-refractivity contribution in [2.24, 2.45) is 0 Å². The van der Waals surface area contributed by atoms with Crippen molar-refractivity contribution in [3.05, 3.63) is 0 Å². The van der Waals surface area contributed by atoms with Crippen molar-refractivity contribution in [2.45, 2.75) is 37.9 Å². The summed E-state index contributed by atoms with van der Waals surface area (Å²) in [5.41, 5.74) is 0. The summed E-state index contributed by atoms with van der Waals surface area (Å²) in [6.07, 6.45) is -1.83. The van der Waals surface area contributed by atoms with E-state index in [1.54, 1.807) is 6.92 Å². The zero-order valence-electron chi connectivity index (χ0n) is 6.73. The molecule has 1 rings (SSSR count). The molecule has 0 saturated carbocycles. The zero-order chi connectivity index (χ0) is 8.43. The van der Waals surface area contributed by atoms with Gasteiger partial charge < -0.3 is 19.7 Å². The molecule has 66 valence electrons. The molecule has 4 atom stereocenters. The molecule has 1 saturated heterocycles. The van der Waals surface area contributed by atoms with E-state index in [9.17, 15) is 10.2 Å². The highest BCUT2D eigenvalue weighted by Gasteiger charge is 2.33. The second-order valence-electron chi connectivity index (χ2n) is 2.82. The van der Waals surface area contributed by atoms with Crippen molar-refractivity contribution in [1.82, 2.24) is 0 Å². The van der Waals surface area contributed by atoms with Crippen LogP contribution in [0.3, 0.4) is 0 Å². The van der Waals surface area contributed by atoms with Crippen LogP contribution in [0.25, 0.3) is 0 Å². The van der Waals surface area contributed by atoms with Crippen molar-refractivity contribution in [1.29, 1.82) is 0 Å². The van der Waals surface area contributed by atoms with Crippen LogP contribution in [0.5, 0.6) is 0 Å². The molecule has 2 N–H and O–H groups in total. The first-order chi connectivity index (χ1) is 5.15. The van der Waals surface area contributed by atoms with E-state index < -0.39 is 18.5 Å². The fraction of sp³-hybridized carbons (Fsp3) is 1.00. The lowest BCUT2D eigenvalue weighted by Crippen LogP contribution is -2.46. The lowest BCUT2D eigenvalue weighted by molar-refractivity contribution is -0.251. The van der Waals surface area contributed by atoms with E-state index in [0.717, 1.165) is 0 Å². The molecule has 0 radical (unpaired) electrons. The van der Waals surface area contributed by atoms with Gasteiger partial charge >= 0.3 is 0 Å². The Kier molecular flexibility index (Phi) is 2.84. The molecular formula is C7H14O4. The minimum absolute atomic E-state index is 0.261. The van der Waals surface area contributed by atoms with Crippen molar-refractivity contribution < 1.29 is 19.7 Å². The third-order valence-corrected chi connectivity index (χ3v) is 1.92. The summed E-state index contributed by atoms with van der Waals surface area (Å²) in [5, 5.41) is 18.5. The first kappa shape index (κ1) is 8.93. The molecule has 0 aromatic carbocycles. The summed E-state index contributed by atoms with van der Waals surface area (Å²) in [6.45, 7) is 1.75. The van der Waals surface area contributed by atoms with Crippen LogP contribution in [0.15, 0.2) is 0 Å². The summed E-state index contributed by atoms with van der Waals surface area (Å²) < 4.78 is 9.98. The molecule has 1 aliphatic rings. The Bertz CT molecular complexity index is 128. The predicted molar refractivity (Wildman–Crippen MR) is 38.0 cm³/mol. The molecule has 4 nitrogen and oxygen atoms in total. The highest BCUT2D eigenvalue weighted by molar-refractivity contribution is 4.77. The quantitative estimate of drug-likeness (QED) is 0.545. The standard InChI is InChI=1S/C7H14O4/c1-4-5(8)3-6(9)7(10-2)11-4/h4-9H,3H2,1-2H3/t4-,5+,6-,7+/m1/s1. The lowest BCUT2D eigenvalue weighted by Gasteiger charge is -2.34. The normalized spacial score (nSPS) is 45.8. The Morgan fingerprint density at radius 2 is 2.00 bits per heavy atom. The van der Waals surface area contributed by atoms with Crippen LogP contribution < -0.4 is 0 Å². The minimum atomic E-state index is -0.716. The van der Waals surface area contributed by atoms with Crippen LogP contribution in [0.1, 0.15) is 13.3 Å². The summed E-state index contributed by atoms with van der Waals surface area (Å²) >= 11 is 0. The Morgan fingerprint density at radius 3 is 2.55 bits per heavy atom. The molecule has 1 heterocycles. The molecule has 0 aromatic heterocycles. The Labute approximate surface area is 65.7 Å². The number of methoxy groups -OCH3 is 1. The average molecular weight is 162 g/mol. The van der Waals surface area contributed by atoms with E-state index in [4.69, 9.17) is 9.47 Å². The molecule has 4 heteroatoms. The number of hydrogen-bond donors (Lipinski definition) is 2. The summed E-state index contributed by atoms with van der Waals surface area (Å²) in [6, 6.07) is 0. The van der Waals surface area contributed by atoms with Gasteiger partial charge in [-0.05, 0) is 6.92 Å². The second kappa shape index (κ2) is 3.49. The van der Waals surface area contributed by atoms with Gasteiger partial charge in [-0.15, -0.1) is 0 Å². The minimum Gasteiger partial charge on any atom is -0.390 e. The maximum atomic E-state index is 9.25. The van der Waals surface area contributed by atoms with Gasteiger partial charge in [0.05, 0.1) is 12.2 Å². The number of hydrogen-bond acceptors (Lipinski definition) is 4. The van der Waals surface area contributed by atoms with Gasteiger partial charge in [-0.25, -0.2) is 0 Å². The van der Waals surface area contributed by atoms with Gasteiger partial charge in [0, 0.05) is 13.5 Å². The summed E-state index contributed by atoms with van der Waals surface area (Å²) in [7, 11) is 1.47. The van der Waals surface area contributed by atoms with Gasteiger partial charge in [-0.3, -0.25) is 0 Å². The summed E-state index contributed by atoms with van der Waals surface area (Å²) in [4.78, 5) is 0. The predicted octanol–water partition coefficient (Wildman–Crippen LogP) is -0.510. The average Bonchev–Trinajstić information content (AvgIpc) is 1.97. The highest BCUT2D eigenvalue weighted by atomic mass is 16.7. The molecule has 1 aliphatic heterocycles. The van der Waals surface area contributed by atoms with E-state index in [1.807, 2.05) is 0 Å². The number of aliphatic hydroxyl groups is 2. The first-order valence-corrected chi connectivity index (χ1v) is 3.69. The molecule has 1 fully saturated rings. The van der Waals surface area contributed by atoms with Crippen molar-refractivity contribution in [2.75, 3.05) is 7.11 Å². The maximum absolute atomic E-state index is 9.25. The van der Waals surface area contributed by atoms with E-state index in [2.05, 4.69) is 0 Å². The Hall–Kier alpha value is -0.160.